The first kappa shape index (κ1) is 27.8. The summed E-state index contributed by atoms with van der Waals surface area (Å²) >= 11 is 1.73. The molecule has 2 aliphatic rings. The molecule has 8 heteroatoms. The molecular formula is C30H38N4O3S. The summed E-state index contributed by atoms with van der Waals surface area (Å²) in [5, 5.41) is 7.10. The van der Waals surface area contributed by atoms with E-state index in [0.717, 1.165) is 72.3 Å². The van der Waals surface area contributed by atoms with Crippen LogP contribution in [0.2, 0.25) is 0 Å². The average molecular weight is 535 g/mol. The Balaban J connectivity index is 1.58. The van der Waals surface area contributed by atoms with Crippen molar-refractivity contribution < 1.29 is 14.3 Å². The zero-order valence-corrected chi connectivity index (χ0v) is 23.6. The van der Waals surface area contributed by atoms with Crippen molar-refractivity contribution in [2.45, 2.75) is 58.9 Å². The summed E-state index contributed by atoms with van der Waals surface area (Å²) in [7, 11) is 1.62. The van der Waals surface area contributed by atoms with Crippen LogP contribution in [-0.2, 0) is 9.59 Å². The molecule has 38 heavy (non-hydrogen) atoms. The molecule has 0 aromatic heterocycles. The van der Waals surface area contributed by atoms with Gasteiger partial charge in [-0.2, -0.15) is 0 Å². The third-order valence-corrected chi connectivity index (χ3v) is 8.19. The summed E-state index contributed by atoms with van der Waals surface area (Å²) in [4.78, 5) is 33.5. The fraction of sp³-hybridized carbons (Fsp3) is 0.433. The molecule has 0 bridgehead atoms. The monoisotopic (exact) mass is 534 g/mol. The predicted octanol–water partition coefficient (Wildman–Crippen LogP) is 6.61. The van der Waals surface area contributed by atoms with Crippen LogP contribution in [0.15, 0.2) is 64.8 Å². The molecule has 2 atom stereocenters. The van der Waals surface area contributed by atoms with Crippen LogP contribution in [0.3, 0.4) is 0 Å². The lowest BCUT2D eigenvalue weighted by molar-refractivity contribution is -0.120. The molecule has 202 valence electrons. The van der Waals surface area contributed by atoms with E-state index in [2.05, 4.69) is 29.4 Å². The van der Waals surface area contributed by atoms with Crippen molar-refractivity contribution in [3.63, 3.8) is 0 Å². The largest absolute Gasteiger partial charge is 0.497 e. The number of carbonyl (C=O) groups is 2. The smallest absolute Gasteiger partial charge is 0.255 e. The van der Waals surface area contributed by atoms with Crippen LogP contribution in [0.25, 0.3) is 0 Å². The van der Waals surface area contributed by atoms with Gasteiger partial charge in [-0.3, -0.25) is 9.59 Å². The highest BCUT2D eigenvalue weighted by Gasteiger charge is 2.37. The number of unbranched alkanes of at least 4 members (excludes halogenated alkanes) is 1. The minimum absolute atomic E-state index is 0.0240. The fourth-order valence-corrected chi connectivity index (χ4v) is 5.96. The Morgan fingerprint density at radius 2 is 1.76 bits per heavy atom. The van der Waals surface area contributed by atoms with E-state index in [1.165, 1.54) is 0 Å². The Hall–Kier alpha value is -3.26. The molecule has 2 aromatic rings. The van der Waals surface area contributed by atoms with Crippen molar-refractivity contribution >= 4 is 40.1 Å². The predicted molar refractivity (Wildman–Crippen MR) is 157 cm³/mol. The summed E-state index contributed by atoms with van der Waals surface area (Å²) in [6.45, 7) is 6.95. The third kappa shape index (κ3) is 6.41. The van der Waals surface area contributed by atoms with Gasteiger partial charge < -0.3 is 20.3 Å². The Kier molecular flexibility index (Phi) is 9.50. The van der Waals surface area contributed by atoms with Crippen LogP contribution in [0.1, 0.15) is 64.5 Å². The highest BCUT2D eigenvalue weighted by Crippen LogP contribution is 2.40. The lowest BCUT2D eigenvalue weighted by atomic mass is 9.93. The third-order valence-electron chi connectivity index (χ3n) is 7.11. The van der Waals surface area contributed by atoms with Crippen LogP contribution in [-0.4, -0.2) is 41.3 Å². The maximum absolute atomic E-state index is 13.6. The van der Waals surface area contributed by atoms with Gasteiger partial charge in [0.25, 0.3) is 5.91 Å². The van der Waals surface area contributed by atoms with Gasteiger partial charge in [-0.1, -0.05) is 50.6 Å². The van der Waals surface area contributed by atoms with Crippen LogP contribution >= 0.6 is 11.8 Å². The van der Waals surface area contributed by atoms with Crippen LogP contribution < -0.4 is 15.4 Å². The molecule has 2 heterocycles. The number of nitrogens with one attached hydrogen (secondary N) is 2. The number of allylic oxidation sites excluding steroid dienone is 1. The number of anilines is 2. The zero-order chi connectivity index (χ0) is 27.1. The van der Waals surface area contributed by atoms with Crippen LogP contribution in [0.4, 0.5) is 11.4 Å². The maximum Gasteiger partial charge on any atom is 0.255 e. The number of nitrogens with zero attached hydrogens (tertiary/aromatic N) is 2. The molecule has 0 radical (unpaired) electrons. The minimum Gasteiger partial charge on any atom is -0.497 e. The lowest BCUT2D eigenvalue weighted by Gasteiger charge is -2.41. The number of amides is 2. The molecule has 2 N–H and O–H groups in total. The van der Waals surface area contributed by atoms with Gasteiger partial charge in [-0.25, -0.2) is 4.99 Å². The number of hydrogen-bond acceptors (Lipinski definition) is 6. The molecule has 0 saturated carbocycles. The summed E-state index contributed by atoms with van der Waals surface area (Å²) in [6, 6.07) is 15.0. The number of fused-ring (bicyclic) bond motifs is 1. The molecule has 7 nitrogen and oxygen atoms in total. The van der Waals surface area contributed by atoms with Crippen molar-refractivity contribution in [2.75, 3.05) is 30.0 Å². The molecule has 2 aliphatic heterocycles. The summed E-state index contributed by atoms with van der Waals surface area (Å²) in [5.74, 6) is 1.68. The first-order valence-corrected chi connectivity index (χ1v) is 14.5. The first-order valence-electron chi connectivity index (χ1n) is 13.5. The highest BCUT2D eigenvalue weighted by molar-refractivity contribution is 8.13. The first-order chi connectivity index (χ1) is 18.4. The molecule has 1 fully saturated rings. The van der Waals surface area contributed by atoms with E-state index >= 15 is 0 Å². The normalized spacial score (nSPS) is 17.8. The summed E-state index contributed by atoms with van der Waals surface area (Å²) < 4.78 is 5.24. The molecule has 2 amide bonds. The molecule has 1 saturated heterocycles. The highest BCUT2D eigenvalue weighted by atomic mass is 32.2. The van der Waals surface area contributed by atoms with Crippen molar-refractivity contribution in [3.8, 4) is 5.75 Å². The SMILES string of the molecule is CCCCC(CC)C(=O)Nc1ccc(C2C(C(=O)Nc3ccc(OC)cc3)=C(C)N=C3SCCCN32)cc1. The van der Waals surface area contributed by atoms with Crippen molar-refractivity contribution in [2.24, 2.45) is 10.9 Å². The number of hydrogen-bond donors (Lipinski definition) is 2. The zero-order valence-electron chi connectivity index (χ0n) is 22.8. The molecule has 2 aromatic carbocycles. The van der Waals surface area contributed by atoms with E-state index in [-0.39, 0.29) is 23.8 Å². The summed E-state index contributed by atoms with van der Waals surface area (Å²) in [6.07, 6.45) is 4.90. The molecule has 0 spiro atoms. The van der Waals surface area contributed by atoms with Crippen LogP contribution in [0.5, 0.6) is 5.75 Å². The number of ether oxygens (including phenoxy) is 1. The number of methoxy groups -OCH3 is 1. The van der Waals surface area contributed by atoms with E-state index in [1.54, 1.807) is 18.9 Å². The molecular weight excluding hydrogens is 496 g/mol. The molecule has 2 unspecified atom stereocenters. The second kappa shape index (κ2) is 13.0. The maximum atomic E-state index is 13.6. The Labute approximate surface area is 230 Å². The van der Waals surface area contributed by atoms with Crippen LogP contribution in [0, 0.1) is 5.92 Å². The second-order valence-corrected chi connectivity index (χ2v) is 10.8. The number of thioether (sulfide) groups is 1. The minimum atomic E-state index is -0.258. The number of benzene rings is 2. The quantitative estimate of drug-likeness (QED) is 0.358. The van der Waals surface area contributed by atoms with Gasteiger partial charge in [0.1, 0.15) is 5.75 Å². The van der Waals surface area contributed by atoms with E-state index in [0.29, 0.717) is 11.3 Å². The van der Waals surface area contributed by atoms with Gasteiger partial charge in [-0.15, -0.1) is 0 Å². The van der Waals surface area contributed by atoms with Crippen molar-refractivity contribution in [1.82, 2.24) is 4.90 Å². The topological polar surface area (TPSA) is 83.0 Å². The Morgan fingerprint density at radius 1 is 1.08 bits per heavy atom. The molecule has 4 rings (SSSR count). The van der Waals surface area contributed by atoms with Gasteiger partial charge in [0.15, 0.2) is 5.17 Å². The van der Waals surface area contributed by atoms with E-state index in [4.69, 9.17) is 9.73 Å². The van der Waals surface area contributed by atoms with E-state index in [9.17, 15) is 9.59 Å². The number of rotatable bonds is 10. The van der Waals surface area contributed by atoms with Gasteiger partial charge in [0.2, 0.25) is 5.91 Å². The standard InChI is InChI=1S/C30H38N4O3S/c1-5-7-9-21(6-2)28(35)32-23-12-10-22(11-13-23)27-26(20(3)31-30-34(27)18-8-19-38-30)29(36)33-24-14-16-25(37-4)17-15-24/h10-17,21,27H,5-9,18-19H2,1-4H3,(H,32,35)(H,33,36). The fourth-order valence-electron chi connectivity index (χ4n) is 4.94. The number of aliphatic imine (C=N–C) groups is 1. The molecule has 0 aliphatic carbocycles. The number of amidine groups is 1. The second-order valence-electron chi connectivity index (χ2n) is 9.73. The lowest BCUT2D eigenvalue weighted by Crippen LogP contribution is -2.43. The number of carbonyl (C=O) groups excluding carboxylic acids is 2. The van der Waals surface area contributed by atoms with Crippen molar-refractivity contribution in [3.05, 3.63) is 65.4 Å². The van der Waals surface area contributed by atoms with E-state index < -0.39 is 0 Å². The van der Waals surface area contributed by atoms with E-state index in [1.807, 2.05) is 55.5 Å². The summed E-state index contributed by atoms with van der Waals surface area (Å²) in [5.41, 5.74) is 3.82. The Bertz CT molecular complexity index is 1190. The van der Waals surface area contributed by atoms with Gasteiger partial charge in [-0.05, 0) is 68.1 Å². The van der Waals surface area contributed by atoms with Gasteiger partial charge in [0.05, 0.1) is 24.4 Å². The van der Waals surface area contributed by atoms with Gasteiger partial charge in [0, 0.05) is 29.6 Å². The van der Waals surface area contributed by atoms with Crippen molar-refractivity contribution in [1.29, 1.82) is 0 Å². The van der Waals surface area contributed by atoms with Gasteiger partial charge >= 0.3 is 0 Å². The average Bonchev–Trinajstić information content (AvgIpc) is 2.93. The Morgan fingerprint density at radius 3 is 2.42 bits per heavy atom.